The maximum absolute atomic E-state index is 11.9. The van der Waals surface area contributed by atoms with Gasteiger partial charge in [0.1, 0.15) is 20.5 Å². The molecule has 0 bridgehead atoms. The first-order valence-electron chi connectivity index (χ1n) is 27.1. The lowest BCUT2D eigenvalue weighted by molar-refractivity contribution is -0.154. The summed E-state index contributed by atoms with van der Waals surface area (Å²) in [6, 6.07) is 38.8. The van der Waals surface area contributed by atoms with Crippen LogP contribution in [0.15, 0.2) is 160 Å². The van der Waals surface area contributed by atoms with E-state index in [0.717, 1.165) is 92.4 Å². The van der Waals surface area contributed by atoms with Crippen LogP contribution in [0, 0.1) is 0 Å². The highest BCUT2D eigenvalue weighted by Crippen LogP contribution is 2.24. The molecule has 0 unspecified atom stereocenters. The van der Waals surface area contributed by atoms with Crippen LogP contribution in [0.3, 0.4) is 0 Å². The van der Waals surface area contributed by atoms with Gasteiger partial charge in [-0.25, -0.2) is 14.4 Å². The number of carbonyl (C=O) groups excluding carboxylic acids is 1. The highest BCUT2D eigenvalue weighted by Gasteiger charge is 2.32. The first-order chi connectivity index (χ1) is 39.7. The number of benzene rings is 5. The van der Waals surface area contributed by atoms with Gasteiger partial charge in [0.15, 0.2) is 18.3 Å². The van der Waals surface area contributed by atoms with Crippen molar-refractivity contribution in [2.45, 2.75) is 122 Å². The third kappa shape index (κ3) is 31.2. The number of carboxylic acid groups (broad SMARTS) is 3. The lowest BCUT2D eigenvalue weighted by Crippen LogP contribution is -2.44. The lowest BCUT2D eigenvalue weighted by atomic mass is 9.90. The van der Waals surface area contributed by atoms with Crippen LogP contribution in [-0.4, -0.2) is 148 Å². The van der Waals surface area contributed by atoms with Gasteiger partial charge in [-0.15, -0.1) is 5.47 Å². The Morgan fingerprint density at radius 3 is 1.18 bits per heavy atom. The molecular weight excluding hydrogens is 1220 g/mol. The van der Waals surface area contributed by atoms with E-state index in [0.29, 0.717) is 26.2 Å². The Morgan fingerprint density at radius 2 is 0.871 bits per heavy atom. The summed E-state index contributed by atoms with van der Waals surface area (Å²) >= 11 is 6.55. The molecule has 0 aromatic heterocycles. The molecule has 460 valence electrons. The quantitative estimate of drug-likeness (QED) is 0.0310. The highest BCUT2D eigenvalue weighted by molar-refractivity contribution is 9.10. The van der Waals surface area contributed by atoms with Crippen molar-refractivity contribution in [3.63, 3.8) is 0 Å². The molecule has 3 heterocycles. The van der Waals surface area contributed by atoms with E-state index in [1.165, 1.54) is 11.1 Å². The topological polar surface area (TPSA) is 293 Å². The summed E-state index contributed by atoms with van der Waals surface area (Å²) < 4.78 is 22.6. The predicted molar refractivity (Wildman–Crippen MR) is 337 cm³/mol. The van der Waals surface area contributed by atoms with Gasteiger partial charge in [0.2, 0.25) is 0 Å². The molecule has 5 aromatic carbocycles. The summed E-state index contributed by atoms with van der Waals surface area (Å²) in [5.74, 6) is -3.95. The molecule has 10 N–H and O–H groups in total. The van der Waals surface area contributed by atoms with Crippen molar-refractivity contribution < 1.29 is 79.0 Å². The number of hydrogen-bond acceptors (Lipinski definition) is 14. The van der Waals surface area contributed by atoms with E-state index in [9.17, 15) is 29.4 Å². The monoisotopic (exact) mass is 1300 g/mol. The van der Waals surface area contributed by atoms with Crippen molar-refractivity contribution in [3.05, 3.63) is 199 Å². The predicted octanol–water partition coefficient (Wildman–Crippen LogP) is 9.08. The molecule has 3 aliphatic rings. The smallest absolute Gasteiger partial charge is 0.335 e. The van der Waals surface area contributed by atoms with Gasteiger partial charge in [0.05, 0.1) is 44.2 Å². The Kier molecular flexibility index (Phi) is 34.9. The number of ether oxygens (including phenoxy) is 4. The normalized spacial score (nSPS) is 15.0. The van der Waals surface area contributed by atoms with Crippen LogP contribution in [0.5, 0.6) is 0 Å². The average Bonchev–Trinajstić information content (AvgIpc) is 3.58. The number of aliphatic hydroxyl groups is 5. The third-order valence-electron chi connectivity index (χ3n) is 13.0. The van der Waals surface area contributed by atoms with E-state index >= 15 is 0 Å². The Bertz CT molecular complexity index is 2780. The number of halogens is 2. The number of hydrogen-bond donors (Lipinski definition) is 9. The van der Waals surface area contributed by atoms with Crippen LogP contribution < -0.4 is 5.73 Å². The van der Waals surface area contributed by atoms with Crippen molar-refractivity contribution in [1.82, 2.24) is 0 Å². The summed E-state index contributed by atoms with van der Waals surface area (Å²) in [6.07, 6.45) is 5.85. The van der Waals surface area contributed by atoms with Crippen molar-refractivity contribution in [1.29, 1.82) is 0 Å². The molecule has 0 saturated carbocycles. The highest BCUT2D eigenvalue weighted by atomic mass is 79.9. The molecule has 5 aromatic rings. The maximum Gasteiger partial charge on any atom is 0.335 e. The van der Waals surface area contributed by atoms with Crippen LogP contribution in [0.25, 0.3) is 11.1 Å². The first-order valence-corrected chi connectivity index (χ1v) is 28.7. The number of nitrogens with two attached hydrogens (primary N) is 1. The standard InChI is InChI=1S/C21H22O4.C14H16O4.C9H10BrNO2.C9H9BrO3.C6H14O2.C5H7BO.CH4/c22-20(21(23)25-15-17-4-2-1-3-5-17)14-16-6-8-18(9-7-16)19-10-12-24-13-11-19;15-13(14(16)17)9-10-1-3-11(4-2-10)12-5-7-18-8-6-12;2*10-7-3-1-6(2-4-7)5-8(11)9(12)13;1-5(2,7)6(3,4)8;6-5-1-3-7-4-2-5;/h1-10,20,22H,11-15H2;1-5,13,15H,6-9H2,(H,16,17);1-4,8H,5,11H2,(H,12,13);1-4,8,11H,5H2,(H,12,13);7-8H,1-4H3;1H,2-4H2;1H4/t20-;13-;2*8-;;;/m1111.../s1. The second-order valence-electron chi connectivity index (χ2n) is 20.6. The fourth-order valence-electron chi connectivity index (χ4n) is 7.16. The van der Waals surface area contributed by atoms with E-state index in [4.69, 9.17) is 63.2 Å². The number of carbonyl (C=O) groups is 4. The molecule has 17 nitrogen and oxygen atoms in total. The zero-order valence-corrected chi connectivity index (χ0v) is 51.0. The van der Waals surface area contributed by atoms with Gasteiger partial charge in [0.25, 0.3) is 0 Å². The molecule has 3 aliphatic heterocycles. The molecular formula is C65H82BBr2NO16. The van der Waals surface area contributed by atoms with E-state index in [2.05, 4.69) is 44.0 Å². The Balaban J connectivity index is 0.000000366. The molecule has 20 heteroatoms. The first kappa shape index (κ1) is 75.0. The van der Waals surface area contributed by atoms with Crippen molar-refractivity contribution in [3.8, 4) is 0 Å². The number of carboxylic acids is 3. The van der Waals surface area contributed by atoms with E-state index < -0.39 is 59.4 Å². The number of aliphatic hydroxyl groups excluding tert-OH is 3. The maximum atomic E-state index is 11.9. The van der Waals surface area contributed by atoms with Gasteiger partial charge in [-0.1, -0.05) is 161 Å². The zero-order valence-electron chi connectivity index (χ0n) is 47.8. The van der Waals surface area contributed by atoms with Gasteiger partial charge < -0.3 is 65.5 Å². The van der Waals surface area contributed by atoms with Crippen LogP contribution in [0.4, 0.5) is 0 Å². The SMILES string of the molecule is C.CC(C)(O)C(C)(C)O.N[C@H](Cc1ccc(Br)cc1)C(=O)O.O=C(O)[C@H](O)Cc1ccc(Br)cc1.O=C(O)[C@H](O)Cc1ccc(C2=CCOCC2)cc1.O=C(OCc1ccccc1)[C@H](O)Cc1ccc(C2=CCOCC2)cc1.[B]C1=CCOCC1. The second kappa shape index (κ2) is 39.5. The Morgan fingerprint density at radius 1 is 0.518 bits per heavy atom. The second-order valence-corrected chi connectivity index (χ2v) is 22.4. The van der Waals surface area contributed by atoms with Gasteiger partial charge >= 0.3 is 23.9 Å². The molecule has 4 atom stereocenters. The number of rotatable bonds is 17. The number of aliphatic carboxylic acids is 3. The Hall–Kier alpha value is -6.14. The molecule has 0 amide bonds. The number of esters is 1. The van der Waals surface area contributed by atoms with Gasteiger partial charge in [-0.3, -0.25) is 4.79 Å². The van der Waals surface area contributed by atoms with Gasteiger partial charge in [-0.05, 0) is 128 Å². The van der Waals surface area contributed by atoms with Crippen LogP contribution >= 0.6 is 31.9 Å². The van der Waals surface area contributed by atoms with E-state index in [1.54, 1.807) is 39.8 Å². The molecule has 0 fully saturated rings. The average molecular weight is 1300 g/mol. The minimum atomic E-state index is -1.34. The zero-order chi connectivity index (χ0) is 62.2. The van der Waals surface area contributed by atoms with Crippen LogP contribution in [-0.2, 0) is 70.4 Å². The summed E-state index contributed by atoms with van der Waals surface area (Å²) in [5, 5.41) is 72.2. The van der Waals surface area contributed by atoms with E-state index in [1.807, 2.05) is 121 Å². The fourth-order valence-corrected chi connectivity index (χ4v) is 7.69. The fraction of sp³-hybridized carbons (Fsp3) is 0.385. The largest absolute Gasteiger partial charge is 0.480 e. The Labute approximate surface area is 517 Å². The molecule has 2 radical (unpaired) electrons. The van der Waals surface area contributed by atoms with Crippen molar-refractivity contribution in [2.75, 3.05) is 39.6 Å². The lowest BCUT2D eigenvalue weighted by Gasteiger charge is -2.31. The minimum absolute atomic E-state index is 0. The molecule has 0 aliphatic carbocycles. The van der Waals surface area contributed by atoms with Crippen LogP contribution in [0.2, 0.25) is 0 Å². The summed E-state index contributed by atoms with van der Waals surface area (Å²) in [7, 11) is 5.42. The van der Waals surface area contributed by atoms with E-state index in [-0.39, 0.29) is 33.3 Å². The van der Waals surface area contributed by atoms with Crippen molar-refractivity contribution in [2.24, 2.45) is 5.73 Å². The summed E-state index contributed by atoms with van der Waals surface area (Å²) in [4.78, 5) is 43.2. The summed E-state index contributed by atoms with van der Waals surface area (Å²) in [5.41, 5.74) is 13.5. The minimum Gasteiger partial charge on any atom is -0.480 e. The third-order valence-corrected chi connectivity index (χ3v) is 14.1. The molecule has 0 spiro atoms. The molecule has 0 saturated heterocycles. The van der Waals surface area contributed by atoms with Gasteiger partial charge in [-0.2, -0.15) is 0 Å². The van der Waals surface area contributed by atoms with Crippen LogP contribution in [0.1, 0.15) is 93.3 Å². The van der Waals surface area contributed by atoms with Crippen molar-refractivity contribution >= 4 is 74.7 Å². The molecule has 8 rings (SSSR count). The van der Waals surface area contributed by atoms with Gasteiger partial charge in [0, 0.05) is 34.8 Å². The summed E-state index contributed by atoms with van der Waals surface area (Å²) in [6.45, 7) is 10.8. The molecule has 85 heavy (non-hydrogen) atoms.